The van der Waals surface area contributed by atoms with Crippen molar-refractivity contribution in [2.45, 2.75) is 13.5 Å². The van der Waals surface area contributed by atoms with E-state index in [1.54, 1.807) is 11.8 Å². The molecule has 148 valence electrons. The first-order valence-corrected chi connectivity index (χ1v) is 9.83. The molecule has 1 saturated heterocycles. The van der Waals surface area contributed by atoms with Crippen LogP contribution in [-0.2, 0) is 11.3 Å². The van der Waals surface area contributed by atoms with Crippen molar-refractivity contribution >= 4 is 11.8 Å². The summed E-state index contributed by atoms with van der Waals surface area (Å²) in [5.41, 5.74) is 3.35. The molecule has 1 aliphatic heterocycles. The lowest BCUT2D eigenvalue weighted by Gasteiger charge is -2.34. The van der Waals surface area contributed by atoms with Gasteiger partial charge in [-0.15, -0.1) is 0 Å². The fourth-order valence-electron chi connectivity index (χ4n) is 3.63. The molecule has 1 aromatic heterocycles. The van der Waals surface area contributed by atoms with E-state index in [-0.39, 0.29) is 11.8 Å². The Labute approximate surface area is 170 Å². The Morgan fingerprint density at radius 2 is 1.45 bits per heavy atom. The van der Waals surface area contributed by atoms with E-state index in [0.29, 0.717) is 44.0 Å². The zero-order valence-electron chi connectivity index (χ0n) is 16.5. The van der Waals surface area contributed by atoms with Crippen molar-refractivity contribution in [3.05, 3.63) is 78.0 Å². The molecule has 0 saturated carbocycles. The van der Waals surface area contributed by atoms with Gasteiger partial charge in [0.15, 0.2) is 0 Å². The summed E-state index contributed by atoms with van der Waals surface area (Å²) in [4.78, 5) is 28.5. The van der Waals surface area contributed by atoms with E-state index in [4.69, 9.17) is 5.10 Å². The van der Waals surface area contributed by atoms with Crippen LogP contribution in [0.3, 0.4) is 0 Å². The number of hydrogen-bond acceptors (Lipinski definition) is 3. The van der Waals surface area contributed by atoms with Gasteiger partial charge in [0, 0.05) is 44.9 Å². The van der Waals surface area contributed by atoms with E-state index in [2.05, 4.69) is 0 Å². The van der Waals surface area contributed by atoms with Crippen LogP contribution in [0.1, 0.15) is 22.8 Å². The lowest BCUT2D eigenvalue weighted by molar-refractivity contribution is -0.130. The number of nitrogens with zero attached hydrogens (tertiary/aromatic N) is 4. The molecule has 0 aliphatic carbocycles. The summed E-state index contributed by atoms with van der Waals surface area (Å²) in [5.74, 6) is 0.0177. The third-order valence-corrected chi connectivity index (χ3v) is 5.24. The second-order valence-corrected chi connectivity index (χ2v) is 7.24. The van der Waals surface area contributed by atoms with Gasteiger partial charge in [-0.2, -0.15) is 5.10 Å². The van der Waals surface area contributed by atoms with Gasteiger partial charge < -0.3 is 9.80 Å². The molecule has 3 aromatic rings. The number of hydrogen-bond donors (Lipinski definition) is 0. The predicted octanol–water partition coefficient (Wildman–Crippen LogP) is 2.90. The highest BCUT2D eigenvalue weighted by molar-refractivity contribution is 6.00. The van der Waals surface area contributed by atoms with Crippen molar-refractivity contribution in [2.24, 2.45) is 0 Å². The molecular weight excluding hydrogens is 364 g/mol. The molecule has 6 heteroatoms. The van der Waals surface area contributed by atoms with Gasteiger partial charge in [-0.05, 0) is 5.56 Å². The average Bonchev–Trinajstić information content (AvgIpc) is 3.18. The minimum atomic E-state index is -0.0358. The molecule has 1 aliphatic rings. The molecule has 0 N–H and O–H groups in total. The second-order valence-electron chi connectivity index (χ2n) is 7.24. The smallest absolute Gasteiger partial charge is 0.257 e. The normalized spacial score (nSPS) is 14.1. The highest BCUT2D eigenvalue weighted by Crippen LogP contribution is 2.24. The van der Waals surface area contributed by atoms with Crippen LogP contribution in [0.4, 0.5) is 0 Å². The van der Waals surface area contributed by atoms with Crippen LogP contribution in [0, 0.1) is 0 Å². The minimum Gasteiger partial charge on any atom is -0.339 e. The summed E-state index contributed by atoms with van der Waals surface area (Å²) in [7, 11) is 0. The van der Waals surface area contributed by atoms with Crippen LogP contribution in [0.25, 0.3) is 11.3 Å². The molecule has 0 radical (unpaired) electrons. The Bertz CT molecular complexity index is 990. The molecule has 1 fully saturated rings. The van der Waals surface area contributed by atoms with E-state index in [1.165, 1.54) is 0 Å². The molecule has 0 unspecified atom stereocenters. The molecular formula is C23H24N4O2. The van der Waals surface area contributed by atoms with Gasteiger partial charge in [-0.25, -0.2) is 0 Å². The fourth-order valence-corrected chi connectivity index (χ4v) is 3.63. The van der Waals surface area contributed by atoms with Crippen molar-refractivity contribution in [1.29, 1.82) is 0 Å². The second kappa shape index (κ2) is 8.31. The first kappa shape index (κ1) is 18.9. The third kappa shape index (κ3) is 4.21. The number of carbonyl (C=O) groups excluding carboxylic acids is 2. The van der Waals surface area contributed by atoms with E-state index in [9.17, 15) is 9.59 Å². The highest BCUT2D eigenvalue weighted by Gasteiger charge is 2.27. The molecule has 0 spiro atoms. The quantitative estimate of drug-likeness (QED) is 0.691. The average molecular weight is 388 g/mol. The number of carbonyl (C=O) groups is 2. The number of benzene rings is 2. The van der Waals surface area contributed by atoms with Crippen LogP contribution in [0.5, 0.6) is 0 Å². The molecule has 6 nitrogen and oxygen atoms in total. The van der Waals surface area contributed by atoms with Gasteiger partial charge in [0.2, 0.25) is 5.91 Å². The van der Waals surface area contributed by atoms with Crippen LogP contribution >= 0.6 is 0 Å². The maximum absolute atomic E-state index is 13.3. The monoisotopic (exact) mass is 388 g/mol. The SMILES string of the molecule is CC(=O)N1CCN(C(=O)c2cn(Cc3ccccc3)nc2-c2ccccc2)CC1. The molecule has 4 rings (SSSR count). The lowest BCUT2D eigenvalue weighted by Crippen LogP contribution is -2.50. The zero-order chi connectivity index (χ0) is 20.2. The topological polar surface area (TPSA) is 58.4 Å². The maximum Gasteiger partial charge on any atom is 0.257 e. The highest BCUT2D eigenvalue weighted by atomic mass is 16.2. The number of amides is 2. The Balaban J connectivity index is 1.62. The van der Waals surface area contributed by atoms with Crippen molar-refractivity contribution in [3.8, 4) is 11.3 Å². The summed E-state index contributed by atoms with van der Waals surface area (Å²) in [6.07, 6.45) is 1.84. The predicted molar refractivity (Wildman–Crippen MR) is 111 cm³/mol. The van der Waals surface area contributed by atoms with Crippen LogP contribution in [-0.4, -0.2) is 57.6 Å². The maximum atomic E-state index is 13.3. The van der Waals surface area contributed by atoms with Crippen molar-refractivity contribution in [1.82, 2.24) is 19.6 Å². The Morgan fingerprint density at radius 1 is 0.862 bits per heavy atom. The molecule has 2 aromatic carbocycles. The minimum absolute atomic E-state index is 0.0358. The summed E-state index contributed by atoms with van der Waals surface area (Å²) in [5, 5.41) is 4.74. The van der Waals surface area contributed by atoms with Gasteiger partial charge in [0.05, 0.1) is 12.1 Å². The number of rotatable bonds is 4. The fraction of sp³-hybridized carbons (Fsp3) is 0.261. The van der Waals surface area contributed by atoms with Crippen LogP contribution in [0.2, 0.25) is 0 Å². The first-order valence-electron chi connectivity index (χ1n) is 9.83. The summed E-state index contributed by atoms with van der Waals surface area (Å²) < 4.78 is 1.83. The van der Waals surface area contributed by atoms with Gasteiger partial charge in [0.25, 0.3) is 5.91 Å². The molecule has 0 bridgehead atoms. The van der Waals surface area contributed by atoms with Gasteiger partial charge in [-0.3, -0.25) is 14.3 Å². The molecule has 29 heavy (non-hydrogen) atoms. The third-order valence-electron chi connectivity index (χ3n) is 5.24. The molecule has 2 amide bonds. The zero-order valence-corrected chi connectivity index (χ0v) is 16.5. The van der Waals surface area contributed by atoms with Gasteiger partial charge in [0.1, 0.15) is 5.69 Å². The van der Waals surface area contributed by atoms with E-state index in [0.717, 1.165) is 11.1 Å². The summed E-state index contributed by atoms with van der Waals surface area (Å²) in [6.45, 7) is 4.39. The van der Waals surface area contributed by atoms with E-state index in [1.807, 2.05) is 76.4 Å². The molecule has 0 atom stereocenters. The number of aromatic nitrogens is 2. The van der Waals surface area contributed by atoms with E-state index >= 15 is 0 Å². The standard InChI is InChI=1S/C23H24N4O2/c1-18(28)25-12-14-26(15-13-25)23(29)21-17-27(16-19-8-4-2-5-9-19)24-22(21)20-10-6-3-7-11-20/h2-11,17H,12-16H2,1H3. The Morgan fingerprint density at radius 3 is 2.07 bits per heavy atom. The van der Waals surface area contributed by atoms with Gasteiger partial charge in [-0.1, -0.05) is 60.7 Å². The number of piperazine rings is 1. The first-order chi connectivity index (χ1) is 14.1. The largest absolute Gasteiger partial charge is 0.339 e. The summed E-state index contributed by atoms with van der Waals surface area (Å²) >= 11 is 0. The van der Waals surface area contributed by atoms with E-state index < -0.39 is 0 Å². The van der Waals surface area contributed by atoms with Crippen LogP contribution in [0.15, 0.2) is 66.9 Å². The van der Waals surface area contributed by atoms with Crippen molar-refractivity contribution < 1.29 is 9.59 Å². The molecule has 2 heterocycles. The lowest BCUT2D eigenvalue weighted by atomic mass is 10.1. The van der Waals surface area contributed by atoms with Crippen LogP contribution < -0.4 is 0 Å². The van der Waals surface area contributed by atoms with Gasteiger partial charge >= 0.3 is 0 Å². The van der Waals surface area contributed by atoms with Crippen molar-refractivity contribution in [3.63, 3.8) is 0 Å². The van der Waals surface area contributed by atoms with Crippen molar-refractivity contribution in [2.75, 3.05) is 26.2 Å². The Hall–Kier alpha value is -3.41. The summed E-state index contributed by atoms with van der Waals surface area (Å²) in [6, 6.07) is 19.9. The Kier molecular flexibility index (Phi) is 5.42.